The molecule has 26 heavy (non-hydrogen) atoms. The lowest BCUT2D eigenvalue weighted by Crippen LogP contribution is -2.28. The molecule has 3 N–H and O–H groups in total. The largest absolute Gasteiger partial charge is 0.478 e. The van der Waals surface area contributed by atoms with Crippen molar-refractivity contribution in [3.63, 3.8) is 0 Å². The van der Waals surface area contributed by atoms with Gasteiger partial charge in [0, 0.05) is 12.1 Å². The first-order chi connectivity index (χ1) is 12.6. The number of hydrogen-bond acceptors (Lipinski definition) is 5. The van der Waals surface area contributed by atoms with Gasteiger partial charge in [-0.3, -0.25) is 4.98 Å². The molecule has 0 atom stereocenters. The van der Waals surface area contributed by atoms with Crippen molar-refractivity contribution in [2.75, 3.05) is 11.9 Å². The highest BCUT2D eigenvalue weighted by Crippen LogP contribution is 2.20. The number of rotatable bonds is 5. The second-order valence-corrected chi connectivity index (χ2v) is 5.71. The molecule has 0 unspecified atom stereocenters. The highest BCUT2D eigenvalue weighted by molar-refractivity contribution is 7.80. The Bertz CT molecular complexity index is 989. The number of pyridine rings is 1. The van der Waals surface area contributed by atoms with Crippen molar-refractivity contribution in [3.8, 4) is 11.3 Å². The van der Waals surface area contributed by atoms with Crippen LogP contribution in [0.15, 0.2) is 55.3 Å². The third kappa shape index (κ3) is 3.98. The van der Waals surface area contributed by atoms with Crippen molar-refractivity contribution in [1.82, 2.24) is 20.3 Å². The first-order valence-electron chi connectivity index (χ1n) is 7.70. The third-order valence-corrected chi connectivity index (χ3v) is 3.73. The number of nitrogens with one attached hydrogen (secondary N) is 2. The van der Waals surface area contributed by atoms with Gasteiger partial charge >= 0.3 is 5.97 Å². The lowest BCUT2D eigenvalue weighted by atomic mass is 10.1. The maximum Gasteiger partial charge on any atom is 0.335 e. The Morgan fingerprint density at radius 3 is 2.65 bits per heavy atom. The minimum Gasteiger partial charge on any atom is -0.478 e. The summed E-state index contributed by atoms with van der Waals surface area (Å²) in [5.41, 5.74) is 2.68. The second-order valence-electron chi connectivity index (χ2n) is 5.30. The summed E-state index contributed by atoms with van der Waals surface area (Å²) in [6, 6.07) is 9.99. The molecular weight excluding hydrogens is 350 g/mol. The molecule has 1 aromatic carbocycles. The number of aromatic nitrogens is 3. The normalized spacial score (nSPS) is 10.3. The number of thiocarbonyl (C=S) groups is 1. The molecule has 0 fully saturated rings. The Labute approximate surface area is 154 Å². The van der Waals surface area contributed by atoms with Crippen molar-refractivity contribution >= 4 is 40.3 Å². The number of carboxylic acid groups (broad SMARTS) is 1. The molecule has 0 radical (unpaired) electrons. The fourth-order valence-corrected chi connectivity index (χ4v) is 2.40. The van der Waals surface area contributed by atoms with Gasteiger partial charge in [-0.25, -0.2) is 14.8 Å². The number of aromatic carboxylic acids is 1. The highest BCUT2D eigenvalue weighted by Gasteiger charge is 2.07. The van der Waals surface area contributed by atoms with Crippen LogP contribution in [0.3, 0.4) is 0 Å². The predicted octanol–water partition coefficient (Wildman–Crippen LogP) is 2.86. The number of benzene rings is 1. The van der Waals surface area contributed by atoms with Crippen LogP contribution in [0, 0.1) is 0 Å². The fourth-order valence-electron chi connectivity index (χ4n) is 2.22. The molecule has 0 bridgehead atoms. The minimum absolute atomic E-state index is 0.215. The molecule has 0 saturated heterocycles. The van der Waals surface area contributed by atoms with Crippen molar-refractivity contribution in [2.24, 2.45) is 0 Å². The summed E-state index contributed by atoms with van der Waals surface area (Å²) >= 11 is 5.17. The number of carboxylic acids is 1. The maximum atomic E-state index is 10.9. The van der Waals surface area contributed by atoms with Crippen molar-refractivity contribution in [3.05, 3.63) is 60.8 Å². The van der Waals surface area contributed by atoms with Gasteiger partial charge in [-0.15, -0.1) is 6.58 Å². The summed E-state index contributed by atoms with van der Waals surface area (Å²) in [7, 11) is 0. The van der Waals surface area contributed by atoms with Crippen LogP contribution in [-0.4, -0.2) is 37.7 Å². The zero-order valence-corrected chi connectivity index (χ0v) is 14.5. The van der Waals surface area contributed by atoms with Crippen molar-refractivity contribution in [1.29, 1.82) is 0 Å². The third-order valence-electron chi connectivity index (χ3n) is 3.48. The van der Waals surface area contributed by atoms with E-state index in [4.69, 9.17) is 17.3 Å². The van der Waals surface area contributed by atoms with Crippen LogP contribution in [0.25, 0.3) is 22.4 Å². The van der Waals surface area contributed by atoms with Gasteiger partial charge in [-0.2, -0.15) is 0 Å². The molecule has 7 nitrogen and oxygen atoms in total. The number of anilines is 1. The standard InChI is InChI=1S/C18H15N5O2S/c1-2-9-19-18(26)23-15-8-7-13-16(22-15)21-14(10-20-13)11-3-5-12(6-4-11)17(24)25/h2-8,10H,1,9H2,(H,24,25)(H2,19,21,22,23,26). The summed E-state index contributed by atoms with van der Waals surface area (Å²) in [5, 5.41) is 15.3. The summed E-state index contributed by atoms with van der Waals surface area (Å²) in [5.74, 6) is -0.425. The van der Waals surface area contributed by atoms with E-state index in [1.54, 1.807) is 36.5 Å². The van der Waals surface area contributed by atoms with E-state index >= 15 is 0 Å². The average Bonchev–Trinajstić information content (AvgIpc) is 2.66. The monoisotopic (exact) mass is 365 g/mol. The summed E-state index contributed by atoms with van der Waals surface area (Å²) in [6.07, 6.45) is 3.33. The smallest absolute Gasteiger partial charge is 0.335 e. The van der Waals surface area contributed by atoms with Gasteiger partial charge in [-0.05, 0) is 36.5 Å². The summed E-state index contributed by atoms with van der Waals surface area (Å²) in [6.45, 7) is 4.17. The van der Waals surface area contributed by atoms with Crippen LogP contribution in [0.1, 0.15) is 10.4 Å². The molecule has 2 aromatic heterocycles. The van der Waals surface area contributed by atoms with E-state index in [9.17, 15) is 4.79 Å². The van der Waals surface area contributed by atoms with E-state index in [-0.39, 0.29) is 5.56 Å². The topological polar surface area (TPSA) is 100 Å². The van der Waals surface area contributed by atoms with Gasteiger partial charge in [0.25, 0.3) is 0 Å². The Morgan fingerprint density at radius 1 is 1.19 bits per heavy atom. The van der Waals surface area contributed by atoms with Crippen LogP contribution in [-0.2, 0) is 0 Å². The van der Waals surface area contributed by atoms with Crippen LogP contribution in [0.5, 0.6) is 0 Å². The second kappa shape index (κ2) is 7.66. The molecule has 0 aliphatic carbocycles. The fraction of sp³-hybridized carbons (Fsp3) is 0.0556. The van der Waals surface area contributed by atoms with Crippen LogP contribution in [0.2, 0.25) is 0 Å². The average molecular weight is 365 g/mol. The number of hydrogen-bond donors (Lipinski definition) is 3. The zero-order chi connectivity index (χ0) is 18.5. The Hall–Kier alpha value is -3.39. The Kier molecular flexibility index (Phi) is 5.14. The number of nitrogens with zero attached hydrogens (tertiary/aromatic N) is 3. The van der Waals surface area contributed by atoms with E-state index in [2.05, 4.69) is 32.2 Å². The Balaban J connectivity index is 1.88. The first-order valence-corrected chi connectivity index (χ1v) is 8.11. The number of carbonyl (C=O) groups is 1. The molecule has 0 aliphatic rings. The molecule has 3 rings (SSSR count). The van der Waals surface area contributed by atoms with Gasteiger partial charge in [0.2, 0.25) is 0 Å². The van der Waals surface area contributed by atoms with Crippen LogP contribution in [0.4, 0.5) is 5.82 Å². The summed E-state index contributed by atoms with van der Waals surface area (Å²) < 4.78 is 0. The quantitative estimate of drug-likeness (QED) is 0.469. The van der Waals surface area contributed by atoms with Crippen LogP contribution < -0.4 is 10.6 Å². The highest BCUT2D eigenvalue weighted by atomic mass is 32.1. The molecule has 0 amide bonds. The molecule has 130 valence electrons. The van der Waals surface area contributed by atoms with E-state index in [0.29, 0.717) is 34.3 Å². The van der Waals surface area contributed by atoms with Gasteiger partial charge in [0.15, 0.2) is 10.8 Å². The van der Waals surface area contributed by atoms with Crippen molar-refractivity contribution in [2.45, 2.75) is 0 Å². The first kappa shape index (κ1) is 17.4. The molecule has 2 heterocycles. The van der Waals surface area contributed by atoms with Gasteiger partial charge in [0.05, 0.1) is 17.5 Å². The lowest BCUT2D eigenvalue weighted by Gasteiger charge is -2.09. The molecule has 0 spiro atoms. The zero-order valence-electron chi connectivity index (χ0n) is 13.6. The predicted molar refractivity (Wildman–Crippen MR) is 104 cm³/mol. The molecule has 8 heteroatoms. The molecule has 3 aromatic rings. The van der Waals surface area contributed by atoms with Gasteiger partial charge < -0.3 is 15.7 Å². The maximum absolute atomic E-state index is 10.9. The van der Waals surface area contributed by atoms with E-state index < -0.39 is 5.97 Å². The summed E-state index contributed by atoms with van der Waals surface area (Å²) in [4.78, 5) is 24.2. The Morgan fingerprint density at radius 2 is 1.96 bits per heavy atom. The van der Waals surface area contributed by atoms with E-state index in [0.717, 1.165) is 5.56 Å². The molecule has 0 saturated carbocycles. The molecule has 0 aliphatic heterocycles. The van der Waals surface area contributed by atoms with Gasteiger partial charge in [0.1, 0.15) is 11.3 Å². The van der Waals surface area contributed by atoms with E-state index in [1.165, 1.54) is 12.1 Å². The van der Waals surface area contributed by atoms with E-state index in [1.807, 2.05) is 0 Å². The minimum atomic E-state index is -0.973. The SMILES string of the molecule is C=CCNC(=S)Nc1ccc2ncc(-c3ccc(C(=O)O)cc3)nc2n1. The van der Waals surface area contributed by atoms with Crippen LogP contribution >= 0.6 is 12.2 Å². The van der Waals surface area contributed by atoms with Crippen molar-refractivity contribution < 1.29 is 9.90 Å². The number of fused-ring (bicyclic) bond motifs is 1. The van der Waals surface area contributed by atoms with Gasteiger partial charge in [-0.1, -0.05) is 18.2 Å². The molecular formula is C18H15N5O2S. The lowest BCUT2D eigenvalue weighted by molar-refractivity contribution is 0.0697.